The van der Waals surface area contributed by atoms with Crippen molar-refractivity contribution in [1.82, 2.24) is 4.98 Å². The van der Waals surface area contributed by atoms with Crippen LogP contribution in [0.1, 0.15) is 6.92 Å². The van der Waals surface area contributed by atoms with Gasteiger partial charge >= 0.3 is 0 Å². The van der Waals surface area contributed by atoms with E-state index in [2.05, 4.69) is 10.3 Å². The smallest absolute Gasteiger partial charge is 0.256 e. The Hall–Kier alpha value is -2.88. The van der Waals surface area contributed by atoms with E-state index in [0.717, 1.165) is 16.6 Å². The molecule has 21 heavy (non-hydrogen) atoms. The molecule has 0 aliphatic carbocycles. The van der Waals surface area contributed by atoms with E-state index in [1.165, 1.54) is 6.92 Å². The summed E-state index contributed by atoms with van der Waals surface area (Å²) in [7, 11) is 0. The number of rotatable bonds is 2. The predicted molar refractivity (Wildman–Crippen MR) is 84.3 cm³/mol. The number of amides is 1. The highest BCUT2D eigenvalue weighted by Gasteiger charge is 2.05. The van der Waals surface area contributed by atoms with E-state index in [1.807, 2.05) is 42.5 Å². The van der Waals surface area contributed by atoms with Crippen molar-refractivity contribution in [3.05, 3.63) is 65.0 Å². The van der Waals surface area contributed by atoms with Gasteiger partial charge in [-0.15, -0.1) is 0 Å². The molecule has 1 aromatic heterocycles. The molecule has 0 radical (unpaired) electrons. The predicted octanol–water partition coefficient (Wildman–Crippen LogP) is 3.15. The number of aromatic amines is 1. The Morgan fingerprint density at radius 1 is 1.05 bits per heavy atom. The van der Waals surface area contributed by atoms with E-state index in [9.17, 15) is 9.59 Å². The van der Waals surface area contributed by atoms with Crippen LogP contribution in [0.15, 0.2) is 59.4 Å². The van der Waals surface area contributed by atoms with Gasteiger partial charge in [0.25, 0.3) is 5.56 Å². The van der Waals surface area contributed by atoms with Crippen molar-refractivity contribution in [3.8, 4) is 11.3 Å². The summed E-state index contributed by atoms with van der Waals surface area (Å²) in [5.74, 6) is -0.160. The number of carbonyl (C=O) groups is 1. The SMILES string of the molecule is CC(=O)Nc1ccc2cc(-c3ccccc3)[nH]c(=O)c2c1. The van der Waals surface area contributed by atoms with Crippen LogP contribution in [-0.4, -0.2) is 10.9 Å². The van der Waals surface area contributed by atoms with Crippen LogP contribution in [0.2, 0.25) is 0 Å². The van der Waals surface area contributed by atoms with Gasteiger partial charge < -0.3 is 10.3 Å². The van der Waals surface area contributed by atoms with Crippen LogP contribution in [0.3, 0.4) is 0 Å². The lowest BCUT2D eigenvalue weighted by atomic mass is 10.1. The van der Waals surface area contributed by atoms with Crippen molar-refractivity contribution in [2.75, 3.05) is 5.32 Å². The molecule has 1 heterocycles. The van der Waals surface area contributed by atoms with Gasteiger partial charge in [-0.1, -0.05) is 36.4 Å². The molecule has 0 saturated heterocycles. The van der Waals surface area contributed by atoms with Crippen LogP contribution in [-0.2, 0) is 4.79 Å². The Labute approximate surface area is 121 Å². The zero-order valence-corrected chi connectivity index (χ0v) is 11.5. The van der Waals surface area contributed by atoms with E-state index >= 15 is 0 Å². The van der Waals surface area contributed by atoms with E-state index in [0.29, 0.717) is 11.1 Å². The van der Waals surface area contributed by atoms with Gasteiger partial charge in [0.15, 0.2) is 0 Å². The second-order valence-corrected chi connectivity index (χ2v) is 4.86. The number of fused-ring (bicyclic) bond motifs is 1. The van der Waals surface area contributed by atoms with E-state index in [-0.39, 0.29) is 11.5 Å². The second-order valence-electron chi connectivity index (χ2n) is 4.86. The molecule has 0 fully saturated rings. The molecule has 2 N–H and O–H groups in total. The molecular weight excluding hydrogens is 264 g/mol. The van der Waals surface area contributed by atoms with Crippen LogP contribution in [0, 0.1) is 0 Å². The molecular formula is C17H14N2O2. The van der Waals surface area contributed by atoms with E-state index < -0.39 is 0 Å². The Bertz CT molecular complexity index is 867. The number of benzene rings is 2. The number of pyridine rings is 1. The fraction of sp³-hybridized carbons (Fsp3) is 0.0588. The number of carbonyl (C=O) groups excluding carboxylic acids is 1. The van der Waals surface area contributed by atoms with Crippen molar-refractivity contribution in [3.63, 3.8) is 0 Å². The van der Waals surface area contributed by atoms with Gasteiger partial charge in [-0.2, -0.15) is 0 Å². The van der Waals surface area contributed by atoms with Gasteiger partial charge in [0.05, 0.1) is 0 Å². The van der Waals surface area contributed by atoms with Gasteiger partial charge in [0, 0.05) is 23.7 Å². The summed E-state index contributed by atoms with van der Waals surface area (Å²) in [5.41, 5.74) is 2.19. The number of aromatic nitrogens is 1. The van der Waals surface area contributed by atoms with E-state index in [4.69, 9.17) is 0 Å². The summed E-state index contributed by atoms with van der Waals surface area (Å²) in [6, 6.07) is 16.9. The monoisotopic (exact) mass is 278 g/mol. The van der Waals surface area contributed by atoms with Crippen molar-refractivity contribution >= 4 is 22.4 Å². The Balaban J connectivity index is 2.14. The molecule has 2 aromatic carbocycles. The number of hydrogen-bond acceptors (Lipinski definition) is 2. The largest absolute Gasteiger partial charge is 0.326 e. The highest BCUT2D eigenvalue weighted by molar-refractivity contribution is 5.93. The highest BCUT2D eigenvalue weighted by Crippen LogP contribution is 2.21. The zero-order chi connectivity index (χ0) is 14.8. The number of H-pyrrole nitrogens is 1. The lowest BCUT2D eigenvalue weighted by molar-refractivity contribution is -0.114. The van der Waals surface area contributed by atoms with Crippen molar-refractivity contribution in [2.45, 2.75) is 6.92 Å². The first kappa shape index (κ1) is 13.1. The number of nitrogens with one attached hydrogen (secondary N) is 2. The quantitative estimate of drug-likeness (QED) is 0.756. The maximum absolute atomic E-state index is 12.2. The first-order valence-electron chi connectivity index (χ1n) is 6.63. The second kappa shape index (κ2) is 5.25. The molecule has 0 spiro atoms. The fourth-order valence-electron chi connectivity index (χ4n) is 2.31. The molecule has 0 unspecified atom stereocenters. The molecule has 0 aliphatic rings. The first-order valence-corrected chi connectivity index (χ1v) is 6.63. The fourth-order valence-corrected chi connectivity index (χ4v) is 2.31. The molecule has 104 valence electrons. The molecule has 1 amide bonds. The molecule has 4 heteroatoms. The molecule has 0 aliphatic heterocycles. The average Bonchev–Trinajstić information content (AvgIpc) is 2.48. The lowest BCUT2D eigenvalue weighted by Crippen LogP contribution is -2.09. The Morgan fingerprint density at radius 2 is 1.81 bits per heavy atom. The summed E-state index contributed by atoms with van der Waals surface area (Å²) in [6.07, 6.45) is 0. The number of hydrogen-bond donors (Lipinski definition) is 2. The maximum Gasteiger partial charge on any atom is 0.256 e. The summed E-state index contributed by atoms with van der Waals surface area (Å²) in [4.78, 5) is 26.2. The van der Waals surface area contributed by atoms with Gasteiger partial charge in [0.1, 0.15) is 0 Å². The van der Waals surface area contributed by atoms with Gasteiger partial charge in [-0.25, -0.2) is 0 Å². The lowest BCUT2D eigenvalue weighted by Gasteiger charge is -2.06. The Morgan fingerprint density at radius 3 is 2.52 bits per heavy atom. The summed E-state index contributed by atoms with van der Waals surface area (Å²) >= 11 is 0. The van der Waals surface area contributed by atoms with E-state index in [1.54, 1.807) is 12.1 Å². The molecule has 4 nitrogen and oxygen atoms in total. The van der Waals surface area contributed by atoms with Gasteiger partial charge in [-0.05, 0) is 29.1 Å². The normalized spacial score (nSPS) is 10.5. The Kier molecular flexibility index (Phi) is 3.28. The minimum Gasteiger partial charge on any atom is -0.326 e. The highest BCUT2D eigenvalue weighted by atomic mass is 16.1. The maximum atomic E-state index is 12.2. The molecule has 0 saturated carbocycles. The van der Waals surface area contributed by atoms with Gasteiger partial charge in [0.2, 0.25) is 5.91 Å². The van der Waals surface area contributed by atoms with Gasteiger partial charge in [-0.3, -0.25) is 9.59 Å². The van der Waals surface area contributed by atoms with Crippen LogP contribution in [0.4, 0.5) is 5.69 Å². The summed E-state index contributed by atoms with van der Waals surface area (Å²) < 4.78 is 0. The standard InChI is InChI=1S/C17H14N2O2/c1-11(20)18-14-8-7-13-9-16(12-5-3-2-4-6-12)19-17(21)15(13)10-14/h2-10H,1H3,(H,18,20)(H,19,21). The van der Waals surface area contributed by atoms with Crippen LogP contribution in [0.25, 0.3) is 22.0 Å². The average molecular weight is 278 g/mol. The minimum absolute atomic E-state index is 0.160. The summed E-state index contributed by atoms with van der Waals surface area (Å²) in [5, 5.41) is 4.07. The van der Waals surface area contributed by atoms with Crippen LogP contribution in [0.5, 0.6) is 0 Å². The van der Waals surface area contributed by atoms with Crippen molar-refractivity contribution in [2.24, 2.45) is 0 Å². The minimum atomic E-state index is -0.168. The number of anilines is 1. The third-order valence-corrected chi connectivity index (χ3v) is 3.25. The van der Waals surface area contributed by atoms with Crippen molar-refractivity contribution < 1.29 is 4.79 Å². The molecule has 3 rings (SSSR count). The van der Waals surface area contributed by atoms with Crippen LogP contribution >= 0.6 is 0 Å². The molecule has 3 aromatic rings. The first-order chi connectivity index (χ1) is 10.1. The third-order valence-electron chi connectivity index (χ3n) is 3.25. The third kappa shape index (κ3) is 2.69. The molecule has 0 bridgehead atoms. The topological polar surface area (TPSA) is 62.0 Å². The van der Waals surface area contributed by atoms with Crippen LogP contribution < -0.4 is 10.9 Å². The van der Waals surface area contributed by atoms with Crippen molar-refractivity contribution in [1.29, 1.82) is 0 Å². The molecule has 0 atom stereocenters. The summed E-state index contributed by atoms with van der Waals surface area (Å²) in [6.45, 7) is 1.44. The zero-order valence-electron chi connectivity index (χ0n) is 11.5.